The molecule has 0 saturated carbocycles. The van der Waals surface area contributed by atoms with Gasteiger partial charge in [-0.15, -0.1) is 0 Å². The lowest BCUT2D eigenvalue weighted by Gasteiger charge is -2.41. The first kappa shape index (κ1) is 35.8. The summed E-state index contributed by atoms with van der Waals surface area (Å²) in [6.45, 7) is 3.22. The Morgan fingerprint density at radius 3 is 1.69 bits per heavy atom. The van der Waals surface area contributed by atoms with Crippen LogP contribution in [0.2, 0.25) is 0 Å². The number of unbranched alkanes of at least 4 members (excludes halogenated alkanes) is 14. The number of aliphatic carboxylic acids is 1. The van der Waals surface area contributed by atoms with Crippen LogP contribution in [-0.2, 0) is 23.8 Å². The summed E-state index contributed by atoms with van der Waals surface area (Å²) in [6, 6.07) is 0. The maximum atomic E-state index is 11.2. The Morgan fingerprint density at radius 1 is 0.718 bits per heavy atom. The lowest BCUT2D eigenvalue weighted by Crippen LogP contribution is -2.60. The Labute approximate surface area is 235 Å². The second-order valence-electron chi connectivity index (χ2n) is 11.1. The fourth-order valence-corrected chi connectivity index (χ4v) is 5.05. The minimum atomic E-state index is -1.50. The van der Waals surface area contributed by atoms with Crippen molar-refractivity contribution in [2.24, 2.45) is 0 Å². The molecule has 9 heteroatoms. The van der Waals surface area contributed by atoms with Crippen molar-refractivity contribution in [2.75, 3.05) is 6.61 Å². The zero-order valence-corrected chi connectivity index (χ0v) is 24.4. The van der Waals surface area contributed by atoms with Gasteiger partial charge in [0.15, 0.2) is 6.29 Å². The third-order valence-corrected chi connectivity index (χ3v) is 7.49. The summed E-state index contributed by atoms with van der Waals surface area (Å²) in [6.07, 6.45) is 13.5. The number of hydrogen-bond acceptors (Lipinski definition) is 8. The monoisotopic (exact) mass is 560 g/mol. The van der Waals surface area contributed by atoms with Crippen molar-refractivity contribution >= 4 is 11.9 Å². The molecule has 0 bridgehead atoms. The molecule has 230 valence electrons. The molecule has 6 atom stereocenters. The summed E-state index contributed by atoms with van der Waals surface area (Å²) >= 11 is 0. The van der Waals surface area contributed by atoms with Crippen molar-refractivity contribution in [2.45, 2.75) is 173 Å². The van der Waals surface area contributed by atoms with Gasteiger partial charge in [-0.25, -0.2) is 0 Å². The summed E-state index contributed by atoms with van der Waals surface area (Å²) in [7, 11) is 0. The van der Waals surface area contributed by atoms with Crippen LogP contribution >= 0.6 is 0 Å². The summed E-state index contributed by atoms with van der Waals surface area (Å²) < 4.78 is 16.6. The molecule has 0 aromatic carbocycles. The van der Waals surface area contributed by atoms with Gasteiger partial charge in [-0.3, -0.25) is 9.59 Å². The normalized spacial score (nSPS) is 24.0. The average molecular weight is 561 g/mol. The van der Waals surface area contributed by atoms with Gasteiger partial charge in [0.05, 0.1) is 6.10 Å². The number of carboxylic acids is 1. The van der Waals surface area contributed by atoms with E-state index < -0.39 is 42.6 Å². The highest BCUT2D eigenvalue weighted by atomic mass is 16.7. The highest BCUT2D eigenvalue weighted by Gasteiger charge is 2.45. The molecule has 0 aromatic heterocycles. The fraction of sp³-hybridized carbons (Fsp3) is 0.933. The number of rotatable bonds is 24. The number of hydrogen-bond donors (Lipinski definition) is 4. The first-order valence-electron chi connectivity index (χ1n) is 15.5. The van der Waals surface area contributed by atoms with E-state index in [9.17, 15) is 24.9 Å². The molecule has 0 aliphatic carbocycles. The number of aliphatic hydroxyl groups excluding tert-OH is 3. The van der Waals surface area contributed by atoms with Crippen molar-refractivity contribution in [1.82, 2.24) is 0 Å². The molecular weight excluding hydrogens is 504 g/mol. The van der Waals surface area contributed by atoms with Crippen molar-refractivity contribution in [3.05, 3.63) is 0 Å². The van der Waals surface area contributed by atoms with Crippen molar-refractivity contribution < 1.29 is 44.2 Å². The number of carboxylic acid groups (broad SMARTS) is 1. The first-order valence-corrected chi connectivity index (χ1v) is 15.5. The van der Waals surface area contributed by atoms with Crippen molar-refractivity contribution in [1.29, 1.82) is 0 Å². The highest BCUT2D eigenvalue weighted by Crippen LogP contribution is 2.26. The van der Waals surface area contributed by atoms with Crippen molar-refractivity contribution in [3.63, 3.8) is 0 Å². The zero-order chi connectivity index (χ0) is 28.9. The van der Waals surface area contributed by atoms with Crippen LogP contribution in [-0.4, -0.2) is 75.8 Å². The van der Waals surface area contributed by atoms with Crippen LogP contribution in [0.15, 0.2) is 0 Å². The summed E-state index contributed by atoms with van der Waals surface area (Å²) in [5.41, 5.74) is 0. The first-order chi connectivity index (χ1) is 18.8. The molecule has 1 rings (SSSR count). The summed E-state index contributed by atoms with van der Waals surface area (Å²) in [5.74, 6) is -1.38. The van der Waals surface area contributed by atoms with Crippen LogP contribution in [0.1, 0.15) is 136 Å². The van der Waals surface area contributed by atoms with E-state index in [1.54, 1.807) is 0 Å². The van der Waals surface area contributed by atoms with E-state index in [1.807, 2.05) is 0 Å². The summed E-state index contributed by atoms with van der Waals surface area (Å²) in [4.78, 5) is 22.0. The number of aliphatic hydroxyl groups is 3. The van der Waals surface area contributed by atoms with E-state index in [4.69, 9.17) is 19.3 Å². The molecule has 9 nitrogen and oxygen atoms in total. The number of carbonyl (C=O) groups is 2. The predicted octanol–water partition coefficient (Wildman–Crippen LogP) is 5.26. The van der Waals surface area contributed by atoms with Crippen LogP contribution < -0.4 is 0 Å². The van der Waals surface area contributed by atoms with Gasteiger partial charge >= 0.3 is 11.9 Å². The van der Waals surface area contributed by atoms with E-state index >= 15 is 0 Å². The molecule has 0 radical (unpaired) electrons. The number of esters is 1. The van der Waals surface area contributed by atoms with Gasteiger partial charge in [0.25, 0.3) is 0 Å². The topological polar surface area (TPSA) is 143 Å². The Morgan fingerprint density at radius 2 is 1.21 bits per heavy atom. The van der Waals surface area contributed by atoms with E-state index in [0.29, 0.717) is 19.3 Å². The molecule has 1 saturated heterocycles. The standard InChI is InChI=1S/C30H56O9/c1-3-4-5-6-7-8-9-10-11-12-13-14-15-16-19-24(20-17-18-21-26(32)33)38-30-29(36)28(35)27(34)25(39-30)22-37-23(2)31/h24-25,27-30,34-36H,3-22H2,1-2H3,(H,32,33)/t24-,25+,27+,28-,29+,30+/m0/s1. The molecule has 0 unspecified atom stereocenters. The van der Waals surface area contributed by atoms with E-state index in [1.165, 1.54) is 77.6 Å². The second-order valence-corrected chi connectivity index (χ2v) is 11.1. The van der Waals surface area contributed by atoms with Crippen LogP contribution in [0.4, 0.5) is 0 Å². The average Bonchev–Trinajstić information content (AvgIpc) is 2.90. The van der Waals surface area contributed by atoms with Gasteiger partial charge in [0, 0.05) is 13.3 Å². The van der Waals surface area contributed by atoms with Crippen LogP contribution in [0.3, 0.4) is 0 Å². The molecule has 1 fully saturated rings. The Balaban J connectivity index is 2.38. The highest BCUT2D eigenvalue weighted by molar-refractivity contribution is 5.66. The lowest BCUT2D eigenvalue weighted by molar-refractivity contribution is -0.312. The maximum absolute atomic E-state index is 11.2. The van der Waals surface area contributed by atoms with Crippen LogP contribution in [0.25, 0.3) is 0 Å². The van der Waals surface area contributed by atoms with Crippen LogP contribution in [0, 0.1) is 0 Å². The number of carbonyl (C=O) groups excluding carboxylic acids is 1. The van der Waals surface area contributed by atoms with Gasteiger partial charge < -0.3 is 34.6 Å². The molecule has 0 aromatic rings. The van der Waals surface area contributed by atoms with Crippen molar-refractivity contribution in [3.8, 4) is 0 Å². The van der Waals surface area contributed by atoms with Gasteiger partial charge in [-0.2, -0.15) is 0 Å². The van der Waals surface area contributed by atoms with Gasteiger partial charge in [0.2, 0.25) is 0 Å². The van der Waals surface area contributed by atoms with Gasteiger partial charge in [-0.05, 0) is 19.3 Å². The second kappa shape index (κ2) is 22.4. The number of ether oxygens (including phenoxy) is 3. The molecule has 4 N–H and O–H groups in total. The zero-order valence-electron chi connectivity index (χ0n) is 24.4. The molecule has 1 aliphatic heterocycles. The molecule has 1 heterocycles. The van der Waals surface area contributed by atoms with Crippen LogP contribution in [0.5, 0.6) is 0 Å². The Bertz CT molecular complexity index is 630. The third kappa shape index (κ3) is 17.2. The smallest absolute Gasteiger partial charge is 0.303 e. The van der Waals surface area contributed by atoms with Gasteiger partial charge in [0.1, 0.15) is 31.0 Å². The van der Waals surface area contributed by atoms with E-state index in [-0.39, 0.29) is 19.1 Å². The quantitative estimate of drug-likeness (QED) is 0.0918. The Kier molecular flexibility index (Phi) is 20.6. The van der Waals surface area contributed by atoms with Gasteiger partial charge in [-0.1, -0.05) is 103 Å². The maximum Gasteiger partial charge on any atom is 0.303 e. The minimum Gasteiger partial charge on any atom is -0.481 e. The van der Waals surface area contributed by atoms with E-state index in [0.717, 1.165) is 25.7 Å². The molecule has 39 heavy (non-hydrogen) atoms. The third-order valence-electron chi connectivity index (χ3n) is 7.49. The molecule has 1 aliphatic rings. The lowest BCUT2D eigenvalue weighted by atomic mass is 9.98. The minimum absolute atomic E-state index is 0.0868. The SMILES string of the molecule is CCCCCCCCCCCCCCCC[C@@H](CCCCC(=O)O)O[C@@H]1O[C@H](COC(C)=O)[C@@H](O)[C@H](O)[C@H]1O. The predicted molar refractivity (Wildman–Crippen MR) is 149 cm³/mol. The fourth-order valence-electron chi connectivity index (χ4n) is 5.05. The summed E-state index contributed by atoms with van der Waals surface area (Å²) in [5, 5.41) is 39.9. The molecule has 0 spiro atoms. The molecular formula is C30H56O9. The Hall–Kier alpha value is -1.26. The molecule has 0 amide bonds. The largest absolute Gasteiger partial charge is 0.481 e. The van der Waals surface area contributed by atoms with E-state index in [2.05, 4.69) is 6.92 Å².